The maximum atomic E-state index is 11.8. The Morgan fingerprint density at radius 2 is 1.41 bits per heavy atom. The summed E-state index contributed by atoms with van der Waals surface area (Å²) in [7, 11) is 1.91. The molecule has 0 saturated heterocycles. The lowest BCUT2D eigenvalue weighted by atomic mass is 9.86. The molecule has 0 radical (unpaired) electrons. The summed E-state index contributed by atoms with van der Waals surface area (Å²) in [5, 5.41) is 0. The van der Waals surface area contributed by atoms with Crippen LogP contribution in [-0.2, 0) is 21.4 Å². The highest BCUT2D eigenvalue weighted by atomic mass is 19.4. The van der Waals surface area contributed by atoms with Gasteiger partial charge in [0.05, 0.1) is 6.04 Å². The topological polar surface area (TPSA) is 46.6 Å². The van der Waals surface area contributed by atoms with E-state index in [9.17, 15) is 22.8 Å². The standard InChI is InChI=1S/C19H29NO2.C10H11F3O.C5H8.C3H6/c1-13(21)12-18(15(3)22)20(7)14(2)16-8-10-17(11-9-16)19(4,5)6;1-2-3-8-4-6-9(7-5-8)14-10(11,12)13;1-4-5(2)3;1-3-2/h8-11,14,18H,12H2,1-7H3;4-7H,2-3H2,1H3;4H,1-2H2,3H3;3H,1H2,2H3/t14-,18+;;;/m1.../s1. The van der Waals surface area contributed by atoms with Crippen molar-refractivity contribution in [3.8, 4) is 5.75 Å². The molecule has 2 rings (SSSR count). The number of ether oxygens (including phenoxy) is 1. The van der Waals surface area contributed by atoms with E-state index in [1.54, 1.807) is 31.2 Å². The van der Waals surface area contributed by atoms with Crippen LogP contribution in [0.2, 0.25) is 0 Å². The maximum Gasteiger partial charge on any atom is 0.573 e. The Labute approximate surface area is 264 Å². The lowest BCUT2D eigenvalue weighted by Gasteiger charge is -2.32. The van der Waals surface area contributed by atoms with E-state index < -0.39 is 6.36 Å². The minimum Gasteiger partial charge on any atom is -0.406 e. The Morgan fingerprint density at radius 3 is 1.73 bits per heavy atom. The highest BCUT2D eigenvalue weighted by Gasteiger charge is 2.31. The van der Waals surface area contributed by atoms with Gasteiger partial charge in [-0.2, -0.15) is 0 Å². The molecule has 0 aliphatic rings. The van der Waals surface area contributed by atoms with Crippen LogP contribution < -0.4 is 4.74 Å². The second-order valence-corrected chi connectivity index (χ2v) is 11.6. The fraction of sp³-hybridized carbons (Fsp3) is 0.459. The number of carbonyl (C=O) groups is 2. The second kappa shape index (κ2) is 21.3. The number of carbonyl (C=O) groups excluding carboxylic acids is 2. The lowest BCUT2D eigenvalue weighted by Crippen LogP contribution is -2.40. The number of halogens is 3. The number of hydrogen-bond donors (Lipinski definition) is 0. The van der Waals surface area contributed by atoms with Crippen LogP contribution in [-0.4, -0.2) is 35.9 Å². The average molecular weight is 618 g/mol. The first-order valence-corrected chi connectivity index (χ1v) is 14.8. The van der Waals surface area contributed by atoms with Crippen LogP contribution in [0.25, 0.3) is 0 Å². The monoisotopic (exact) mass is 617 g/mol. The molecule has 0 aliphatic heterocycles. The van der Waals surface area contributed by atoms with Crippen molar-refractivity contribution in [3.05, 3.63) is 103 Å². The van der Waals surface area contributed by atoms with Crippen molar-refractivity contribution in [2.24, 2.45) is 0 Å². The molecule has 44 heavy (non-hydrogen) atoms. The van der Waals surface area contributed by atoms with Gasteiger partial charge in [-0.1, -0.05) is 101 Å². The highest BCUT2D eigenvalue weighted by Crippen LogP contribution is 2.27. The van der Waals surface area contributed by atoms with Crippen molar-refractivity contribution >= 4 is 11.6 Å². The quantitative estimate of drug-likeness (QED) is 0.197. The van der Waals surface area contributed by atoms with Crippen LogP contribution in [0.15, 0.2) is 86.0 Å². The van der Waals surface area contributed by atoms with Gasteiger partial charge in [-0.15, -0.1) is 19.8 Å². The molecule has 2 aromatic rings. The molecule has 0 amide bonds. The Morgan fingerprint density at radius 1 is 0.955 bits per heavy atom. The number of likely N-dealkylation sites (N-methyl/N-ethyl adjacent to an activating group) is 1. The molecule has 2 aromatic carbocycles. The van der Waals surface area contributed by atoms with Gasteiger partial charge in [0.2, 0.25) is 0 Å². The summed E-state index contributed by atoms with van der Waals surface area (Å²) >= 11 is 0. The average Bonchev–Trinajstić information content (AvgIpc) is 2.92. The first-order valence-electron chi connectivity index (χ1n) is 14.8. The van der Waals surface area contributed by atoms with E-state index in [0.29, 0.717) is 0 Å². The molecule has 0 N–H and O–H groups in total. The molecule has 4 nitrogen and oxygen atoms in total. The fourth-order valence-corrected chi connectivity index (χ4v) is 3.76. The van der Waals surface area contributed by atoms with Crippen LogP contribution in [0, 0.1) is 0 Å². The summed E-state index contributed by atoms with van der Waals surface area (Å²) in [6, 6.07) is 14.2. The molecular weight excluding hydrogens is 563 g/mol. The molecule has 0 saturated carbocycles. The van der Waals surface area contributed by atoms with Gasteiger partial charge in [0.15, 0.2) is 0 Å². The Hall–Kier alpha value is -3.45. The Bertz CT molecular complexity index is 1140. The summed E-state index contributed by atoms with van der Waals surface area (Å²) in [5.74, 6) is -0.0875. The van der Waals surface area contributed by atoms with E-state index in [-0.39, 0.29) is 41.2 Å². The van der Waals surface area contributed by atoms with Crippen molar-refractivity contribution in [1.82, 2.24) is 4.90 Å². The number of rotatable bonds is 10. The van der Waals surface area contributed by atoms with Gasteiger partial charge in [-0.05, 0) is 82.3 Å². The number of aryl methyl sites for hydroxylation is 1. The SMILES string of the molecule is C=CC.C=CC(=C)C.CC(=O)C[C@@H](C(C)=O)N(C)[C@H](C)c1ccc(C(C)(C)C)cc1.CCCc1ccc(OC(F)(F)F)cc1. The van der Waals surface area contributed by atoms with E-state index in [4.69, 9.17) is 0 Å². The molecule has 0 bridgehead atoms. The normalized spacial score (nSPS) is 12.0. The van der Waals surface area contributed by atoms with E-state index in [1.807, 2.05) is 32.7 Å². The summed E-state index contributed by atoms with van der Waals surface area (Å²) in [6.45, 7) is 27.9. The molecule has 2 atom stereocenters. The first kappa shape index (κ1) is 42.7. The van der Waals surface area contributed by atoms with E-state index in [0.717, 1.165) is 29.5 Å². The Balaban J connectivity index is 0. The summed E-state index contributed by atoms with van der Waals surface area (Å²) in [5.41, 5.74) is 4.61. The largest absolute Gasteiger partial charge is 0.573 e. The van der Waals surface area contributed by atoms with Crippen molar-refractivity contribution in [3.63, 3.8) is 0 Å². The Kier molecular flexibility index (Phi) is 20.6. The van der Waals surface area contributed by atoms with Crippen molar-refractivity contribution in [2.75, 3.05) is 7.05 Å². The zero-order valence-electron chi connectivity index (χ0n) is 28.5. The minimum absolute atomic E-state index is 0.0378. The van der Waals surface area contributed by atoms with Crippen LogP contribution >= 0.6 is 0 Å². The molecule has 0 spiro atoms. The van der Waals surface area contributed by atoms with Crippen molar-refractivity contribution in [2.45, 2.75) is 105 Å². The van der Waals surface area contributed by atoms with Crippen LogP contribution in [0.4, 0.5) is 13.2 Å². The third kappa shape index (κ3) is 19.7. The zero-order chi connectivity index (χ0) is 34.7. The minimum atomic E-state index is -4.60. The number of alkyl halides is 3. The number of hydrogen-bond acceptors (Lipinski definition) is 4. The van der Waals surface area contributed by atoms with E-state index in [2.05, 4.69) is 76.4 Å². The number of ketones is 2. The van der Waals surface area contributed by atoms with Crippen LogP contribution in [0.3, 0.4) is 0 Å². The third-order valence-electron chi connectivity index (χ3n) is 6.36. The molecule has 246 valence electrons. The van der Waals surface area contributed by atoms with Crippen LogP contribution in [0.1, 0.15) is 97.9 Å². The molecule has 0 heterocycles. The van der Waals surface area contributed by atoms with Crippen molar-refractivity contribution in [1.29, 1.82) is 0 Å². The van der Waals surface area contributed by atoms with Crippen molar-refractivity contribution < 1.29 is 27.5 Å². The van der Waals surface area contributed by atoms with E-state index in [1.165, 1.54) is 24.6 Å². The zero-order valence-corrected chi connectivity index (χ0v) is 28.5. The van der Waals surface area contributed by atoms with Gasteiger partial charge in [0.1, 0.15) is 17.3 Å². The van der Waals surface area contributed by atoms with Gasteiger partial charge >= 0.3 is 6.36 Å². The molecule has 7 heteroatoms. The first-order chi connectivity index (χ1) is 20.2. The molecule has 0 unspecified atom stereocenters. The predicted molar refractivity (Wildman–Crippen MR) is 179 cm³/mol. The van der Waals surface area contributed by atoms with Gasteiger partial charge in [0, 0.05) is 12.5 Å². The summed E-state index contributed by atoms with van der Waals surface area (Å²) in [6.07, 6.45) is 0.980. The maximum absolute atomic E-state index is 11.8. The van der Waals surface area contributed by atoms with Gasteiger partial charge in [-0.3, -0.25) is 14.5 Å². The van der Waals surface area contributed by atoms with E-state index >= 15 is 0 Å². The third-order valence-corrected chi connectivity index (χ3v) is 6.36. The lowest BCUT2D eigenvalue weighted by molar-refractivity contribution is -0.274. The highest BCUT2D eigenvalue weighted by molar-refractivity contribution is 5.88. The number of allylic oxidation sites excluding steroid dienone is 3. The molecule has 0 aliphatic carbocycles. The summed E-state index contributed by atoms with van der Waals surface area (Å²) < 4.78 is 39.0. The number of nitrogens with zero attached hydrogens (tertiary/aromatic N) is 1. The van der Waals surface area contributed by atoms with Gasteiger partial charge in [-0.25, -0.2) is 0 Å². The molecule has 0 aromatic heterocycles. The van der Waals surface area contributed by atoms with Crippen LogP contribution in [0.5, 0.6) is 5.75 Å². The fourth-order valence-electron chi connectivity index (χ4n) is 3.76. The van der Waals surface area contributed by atoms with Gasteiger partial charge in [0.25, 0.3) is 0 Å². The molecular formula is C37H54F3NO3. The molecule has 0 fully saturated rings. The smallest absolute Gasteiger partial charge is 0.406 e. The number of Topliss-reactive ketones (excluding diaryl/α,β-unsaturated/α-hetero) is 2. The predicted octanol–water partition coefficient (Wildman–Crippen LogP) is 10.4. The summed E-state index contributed by atoms with van der Waals surface area (Å²) in [4.78, 5) is 25.2. The van der Waals surface area contributed by atoms with Gasteiger partial charge < -0.3 is 4.74 Å². The second-order valence-electron chi connectivity index (χ2n) is 11.6. The number of benzene rings is 2.